The topological polar surface area (TPSA) is 15.3 Å². The molecule has 2 saturated heterocycles. The van der Waals surface area contributed by atoms with Crippen LogP contribution >= 0.6 is 0 Å². The second-order valence-electron chi connectivity index (χ2n) is 5.61. The van der Waals surface area contributed by atoms with E-state index in [9.17, 15) is 0 Å². The minimum atomic E-state index is 0.767. The first-order valence-electron chi connectivity index (χ1n) is 7.33. The SMILES string of the molecule is CCCC(CC)NC1CCN2CCCC2C1. The molecule has 1 N–H and O–H groups in total. The molecule has 2 heteroatoms. The van der Waals surface area contributed by atoms with Crippen molar-refractivity contribution in [2.45, 2.75) is 76.9 Å². The monoisotopic (exact) mass is 224 g/mol. The Morgan fingerprint density at radius 2 is 2.12 bits per heavy atom. The highest BCUT2D eigenvalue weighted by Crippen LogP contribution is 2.27. The largest absolute Gasteiger partial charge is 0.311 e. The van der Waals surface area contributed by atoms with Gasteiger partial charge < -0.3 is 10.2 Å². The van der Waals surface area contributed by atoms with Crippen LogP contribution in [-0.2, 0) is 0 Å². The third-order valence-corrected chi connectivity index (χ3v) is 4.42. The Kier molecular flexibility index (Phi) is 4.66. The Hall–Kier alpha value is -0.0800. The number of rotatable bonds is 5. The molecule has 0 aromatic rings. The van der Waals surface area contributed by atoms with Crippen molar-refractivity contribution in [1.82, 2.24) is 10.2 Å². The van der Waals surface area contributed by atoms with Gasteiger partial charge >= 0.3 is 0 Å². The van der Waals surface area contributed by atoms with Crippen LogP contribution in [0.5, 0.6) is 0 Å². The number of piperidine rings is 1. The summed E-state index contributed by atoms with van der Waals surface area (Å²) < 4.78 is 0. The summed E-state index contributed by atoms with van der Waals surface area (Å²) in [5.41, 5.74) is 0. The van der Waals surface area contributed by atoms with Crippen molar-refractivity contribution < 1.29 is 0 Å². The van der Waals surface area contributed by atoms with E-state index in [0.717, 1.165) is 18.1 Å². The lowest BCUT2D eigenvalue weighted by atomic mass is 9.96. The molecule has 0 spiro atoms. The van der Waals surface area contributed by atoms with Crippen LogP contribution in [0.3, 0.4) is 0 Å². The van der Waals surface area contributed by atoms with Crippen molar-refractivity contribution in [2.75, 3.05) is 13.1 Å². The van der Waals surface area contributed by atoms with Crippen molar-refractivity contribution in [3.8, 4) is 0 Å². The summed E-state index contributed by atoms with van der Waals surface area (Å²) >= 11 is 0. The quantitative estimate of drug-likeness (QED) is 0.772. The van der Waals surface area contributed by atoms with Gasteiger partial charge in [0.2, 0.25) is 0 Å². The van der Waals surface area contributed by atoms with Crippen molar-refractivity contribution in [3.05, 3.63) is 0 Å². The maximum atomic E-state index is 3.89. The number of fused-ring (bicyclic) bond motifs is 1. The average Bonchev–Trinajstić information content (AvgIpc) is 2.75. The van der Waals surface area contributed by atoms with Gasteiger partial charge in [0.25, 0.3) is 0 Å². The first kappa shape index (κ1) is 12.4. The summed E-state index contributed by atoms with van der Waals surface area (Å²) in [7, 11) is 0. The fourth-order valence-electron chi connectivity index (χ4n) is 3.46. The fourth-order valence-corrected chi connectivity index (χ4v) is 3.46. The van der Waals surface area contributed by atoms with E-state index in [2.05, 4.69) is 24.1 Å². The Bertz CT molecular complexity index is 205. The molecule has 0 aliphatic carbocycles. The van der Waals surface area contributed by atoms with Crippen LogP contribution in [0.1, 0.15) is 58.8 Å². The first-order chi connectivity index (χ1) is 7.83. The molecule has 0 aromatic heterocycles. The highest BCUT2D eigenvalue weighted by molar-refractivity contribution is 4.90. The van der Waals surface area contributed by atoms with Crippen LogP contribution in [0.4, 0.5) is 0 Å². The normalized spacial score (nSPS) is 32.6. The van der Waals surface area contributed by atoms with Gasteiger partial charge in [-0.25, -0.2) is 0 Å². The highest BCUT2D eigenvalue weighted by atomic mass is 15.2. The van der Waals surface area contributed by atoms with Crippen molar-refractivity contribution >= 4 is 0 Å². The maximum absolute atomic E-state index is 3.89. The number of hydrogen-bond donors (Lipinski definition) is 1. The Morgan fingerprint density at radius 3 is 2.88 bits per heavy atom. The van der Waals surface area contributed by atoms with Gasteiger partial charge in [0, 0.05) is 18.1 Å². The lowest BCUT2D eigenvalue weighted by Crippen LogP contribution is -2.48. The van der Waals surface area contributed by atoms with E-state index in [1.54, 1.807) is 0 Å². The van der Waals surface area contributed by atoms with E-state index in [1.165, 1.54) is 58.0 Å². The summed E-state index contributed by atoms with van der Waals surface area (Å²) in [6.07, 6.45) is 9.61. The summed E-state index contributed by atoms with van der Waals surface area (Å²) in [5, 5.41) is 3.89. The zero-order valence-electron chi connectivity index (χ0n) is 11.0. The molecule has 3 unspecified atom stereocenters. The van der Waals surface area contributed by atoms with Crippen LogP contribution in [-0.4, -0.2) is 36.1 Å². The molecule has 2 aliphatic rings. The second-order valence-corrected chi connectivity index (χ2v) is 5.61. The molecular formula is C14H28N2. The lowest BCUT2D eigenvalue weighted by molar-refractivity contribution is 0.159. The lowest BCUT2D eigenvalue weighted by Gasteiger charge is -2.37. The van der Waals surface area contributed by atoms with Crippen LogP contribution in [0.15, 0.2) is 0 Å². The maximum Gasteiger partial charge on any atom is 0.0111 e. The Labute approximate surface area is 101 Å². The fraction of sp³-hybridized carbons (Fsp3) is 1.00. The number of nitrogens with one attached hydrogen (secondary N) is 1. The molecule has 0 aromatic carbocycles. The first-order valence-corrected chi connectivity index (χ1v) is 7.33. The number of hydrogen-bond acceptors (Lipinski definition) is 2. The van der Waals surface area contributed by atoms with Crippen LogP contribution in [0, 0.1) is 0 Å². The van der Waals surface area contributed by atoms with E-state index in [4.69, 9.17) is 0 Å². The predicted octanol–water partition coefficient (Wildman–Crippen LogP) is 2.78. The number of nitrogens with zero attached hydrogens (tertiary/aromatic N) is 1. The molecule has 0 bridgehead atoms. The molecular weight excluding hydrogens is 196 g/mol. The molecule has 2 fully saturated rings. The zero-order chi connectivity index (χ0) is 11.4. The van der Waals surface area contributed by atoms with E-state index in [1.807, 2.05) is 0 Å². The molecule has 3 atom stereocenters. The summed E-state index contributed by atoms with van der Waals surface area (Å²) in [4.78, 5) is 2.71. The minimum absolute atomic E-state index is 0.767. The van der Waals surface area contributed by atoms with E-state index >= 15 is 0 Å². The standard InChI is InChI=1S/C14H28N2/c1-3-6-12(4-2)15-13-8-10-16-9-5-7-14(16)11-13/h12-15H,3-11H2,1-2H3. The molecule has 0 saturated carbocycles. The Balaban J connectivity index is 1.77. The molecule has 2 nitrogen and oxygen atoms in total. The summed E-state index contributed by atoms with van der Waals surface area (Å²) in [6, 6.07) is 2.48. The average molecular weight is 224 g/mol. The molecule has 2 heterocycles. The van der Waals surface area contributed by atoms with Crippen molar-refractivity contribution in [3.63, 3.8) is 0 Å². The van der Waals surface area contributed by atoms with Crippen molar-refractivity contribution in [2.24, 2.45) is 0 Å². The molecule has 16 heavy (non-hydrogen) atoms. The van der Waals surface area contributed by atoms with Crippen molar-refractivity contribution in [1.29, 1.82) is 0 Å². The highest BCUT2D eigenvalue weighted by Gasteiger charge is 2.31. The summed E-state index contributed by atoms with van der Waals surface area (Å²) in [6.45, 7) is 7.32. The second kappa shape index (κ2) is 6.02. The van der Waals surface area contributed by atoms with Crippen LogP contribution in [0.2, 0.25) is 0 Å². The summed E-state index contributed by atoms with van der Waals surface area (Å²) in [5.74, 6) is 0. The zero-order valence-corrected chi connectivity index (χ0v) is 11.0. The molecule has 94 valence electrons. The van der Waals surface area contributed by atoms with Gasteiger partial charge in [-0.1, -0.05) is 20.3 Å². The smallest absolute Gasteiger partial charge is 0.0111 e. The molecule has 0 radical (unpaired) electrons. The Morgan fingerprint density at radius 1 is 1.25 bits per heavy atom. The molecule has 2 aliphatic heterocycles. The van der Waals surface area contributed by atoms with Gasteiger partial charge in [0.1, 0.15) is 0 Å². The van der Waals surface area contributed by atoms with Gasteiger partial charge in [-0.3, -0.25) is 0 Å². The third-order valence-electron chi connectivity index (χ3n) is 4.42. The predicted molar refractivity (Wildman–Crippen MR) is 69.7 cm³/mol. The minimum Gasteiger partial charge on any atom is -0.311 e. The van der Waals surface area contributed by atoms with Crippen LogP contribution in [0.25, 0.3) is 0 Å². The molecule has 2 rings (SSSR count). The van der Waals surface area contributed by atoms with Gasteiger partial charge in [-0.2, -0.15) is 0 Å². The van der Waals surface area contributed by atoms with Gasteiger partial charge in [-0.05, 0) is 51.6 Å². The van der Waals surface area contributed by atoms with Gasteiger partial charge in [0.15, 0.2) is 0 Å². The van der Waals surface area contributed by atoms with E-state index in [-0.39, 0.29) is 0 Å². The van der Waals surface area contributed by atoms with Crippen LogP contribution < -0.4 is 5.32 Å². The molecule has 0 amide bonds. The van der Waals surface area contributed by atoms with Gasteiger partial charge in [0.05, 0.1) is 0 Å². The third kappa shape index (κ3) is 2.98. The van der Waals surface area contributed by atoms with Gasteiger partial charge in [-0.15, -0.1) is 0 Å². The van der Waals surface area contributed by atoms with E-state index < -0.39 is 0 Å². The van der Waals surface area contributed by atoms with E-state index in [0.29, 0.717) is 0 Å².